The first-order chi connectivity index (χ1) is 5.61. The Morgan fingerprint density at radius 2 is 2.25 bits per heavy atom. The van der Waals surface area contributed by atoms with Gasteiger partial charge in [0, 0.05) is 0 Å². The van der Waals surface area contributed by atoms with E-state index < -0.39 is 18.1 Å². The summed E-state index contributed by atoms with van der Waals surface area (Å²) in [4.78, 5) is 12.1. The maximum atomic E-state index is 10.8. The number of hydrogen-bond donors (Lipinski definition) is 2. The number of nitriles is 1. The number of β-amino-alcohol motifs (C(OH)–C–C–N with tert-alkyl or cyclic N) is 1. The van der Waals surface area contributed by atoms with Gasteiger partial charge in [0.1, 0.15) is 12.2 Å². The average Bonchev–Trinajstić information content (AvgIpc) is 1.99. The lowest BCUT2D eigenvalue weighted by Gasteiger charge is -2.44. The van der Waals surface area contributed by atoms with E-state index in [2.05, 4.69) is 0 Å². The molecule has 2 N–H and O–H groups in total. The Bertz CT molecular complexity index is 227. The topological polar surface area (TPSA) is 84.6 Å². The molecule has 66 valence electrons. The summed E-state index contributed by atoms with van der Waals surface area (Å²) < 4.78 is 0. The SMILES string of the molecule is N#CCC1(O)CN(C(=O)CO)C1. The van der Waals surface area contributed by atoms with E-state index in [0.717, 1.165) is 0 Å². The summed E-state index contributed by atoms with van der Waals surface area (Å²) in [6, 6.07) is 1.84. The highest BCUT2D eigenvalue weighted by Gasteiger charge is 2.42. The second kappa shape index (κ2) is 3.09. The number of carbonyl (C=O) groups is 1. The van der Waals surface area contributed by atoms with E-state index >= 15 is 0 Å². The van der Waals surface area contributed by atoms with Gasteiger partial charge in [-0.05, 0) is 0 Å². The monoisotopic (exact) mass is 170 g/mol. The fourth-order valence-electron chi connectivity index (χ4n) is 1.20. The summed E-state index contributed by atoms with van der Waals surface area (Å²) >= 11 is 0. The van der Waals surface area contributed by atoms with Crippen molar-refractivity contribution in [2.75, 3.05) is 19.7 Å². The molecular formula is C7H10N2O3. The van der Waals surface area contributed by atoms with E-state index in [0.29, 0.717) is 0 Å². The van der Waals surface area contributed by atoms with Crippen LogP contribution < -0.4 is 0 Å². The predicted molar refractivity (Wildman–Crippen MR) is 38.8 cm³/mol. The van der Waals surface area contributed by atoms with Gasteiger partial charge < -0.3 is 15.1 Å². The van der Waals surface area contributed by atoms with Crippen molar-refractivity contribution >= 4 is 5.91 Å². The standard InChI is InChI=1S/C7H10N2O3/c8-2-1-7(12)4-9(5-7)6(11)3-10/h10,12H,1,3-5H2. The Balaban J connectivity index is 2.37. The van der Waals surface area contributed by atoms with Crippen molar-refractivity contribution in [1.82, 2.24) is 4.90 Å². The van der Waals surface area contributed by atoms with Crippen molar-refractivity contribution in [2.24, 2.45) is 0 Å². The Kier molecular flexibility index (Phi) is 2.31. The Labute approximate surface area is 69.8 Å². The van der Waals surface area contributed by atoms with Crippen LogP contribution in [0.25, 0.3) is 0 Å². The first-order valence-electron chi connectivity index (χ1n) is 3.59. The number of aliphatic hydroxyl groups excluding tert-OH is 1. The highest BCUT2D eigenvalue weighted by atomic mass is 16.3. The molecule has 5 heteroatoms. The highest BCUT2D eigenvalue weighted by Crippen LogP contribution is 2.23. The van der Waals surface area contributed by atoms with Crippen molar-refractivity contribution < 1.29 is 15.0 Å². The van der Waals surface area contributed by atoms with Crippen LogP contribution in [-0.2, 0) is 4.79 Å². The molecule has 12 heavy (non-hydrogen) atoms. The average molecular weight is 170 g/mol. The fraction of sp³-hybridized carbons (Fsp3) is 0.714. The molecular weight excluding hydrogens is 160 g/mol. The summed E-state index contributed by atoms with van der Waals surface area (Å²) in [6.07, 6.45) is 0.0300. The maximum absolute atomic E-state index is 10.8. The second-order valence-electron chi connectivity index (χ2n) is 2.97. The Morgan fingerprint density at radius 1 is 1.67 bits per heavy atom. The number of carbonyl (C=O) groups excluding carboxylic acids is 1. The van der Waals surface area contributed by atoms with Gasteiger partial charge in [-0.25, -0.2) is 0 Å². The number of amides is 1. The molecule has 1 aliphatic heterocycles. The minimum atomic E-state index is -1.04. The van der Waals surface area contributed by atoms with Crippen molar-refractivity contribution in [3.8, 4) is 6.07 Å². The first kappa shape index (κ1) is 8.97. The molecule has 0 aromatic carbocycles. The van der Waals surface area contributed by atoms with E-state index in [4.69, 9.17) is 10.4 Å². The van der Waals surface area contributed by atoms with Crippen LogP contribution in [0.4, 0.5) is 0 Å². The molecule has 0 radical (unpaired) electrons. The van der Waals surface area contributed by atoms with Crippen LogP contribution in [0, 0.1) is 11.3 Å². The van der Waals surface area contributed by atoms with Crippen LogP contribution in [0.3, 0.4) is 0 Å². The Hall–Kier alpha value is -1.12. The molecule has 1 saturated heterocycles. The third-order valence-electron chi connectivity index (χ3n) is 1.87. The first-order valence-corrected chi connectivity index (χ1v) is 3.59. The normalized spacial score (nSPS) is 19.6. The van der Waals surface area contributed by atoms with Gasteiger partial charge in [-0.15, -0.1) is 0 Å². The molecule has 0 bridgehead atoms. The van der Waals surface area contributed by atoms with Crippen LogP contribution in [0.15, 0.2) is 0 Å². The van der Waals surface area contributed by atoms with Crippen LogP contribution in [-0.4, -0.2) is 46.3 Å². The molecule has 0 atom stereocenters. The molecule has 0 aliphatic carbocycles. The summed E-state index contributed by atoms with van der Waals surface area (Å²) in [7, 11) is 0. The molecule has 0 aromatic rings. The largest absolute Gasteiger partial charge is 0.387 e. The van der Waals surface area contributed by atoms with E-state index in [1.54, 1.807) is 0 Å². The quantitative estimate of drug-likeness (QED) is 0.526. The van der Waals surface area contributed by atoms with Crippen LogP contribution in [0.5, 0.6) is 0 Å². The van der Waals surface area contributed by atoms with Crippen molar-refractivity contribution in [2.45, 2.75) is 12.0 Å². The van der Waals surface area contributed by atoms with Gasteiger partial charge in [0.2, 0.25) is 5.91 Å². The van der Waals surface area contributed by atoms with Gasteiger partial charge in [-0.3, -0.25) is 4.79 Å². The van der Waals surface area contributed by atoms with Gasteiger partial charge in [-0.2, -0.15) is 5.26 Å². The maximum Gasteiger partial charge on any atom is 0.248 e. The Morgan fingerprint density at radius 3 is 2.67 bits per heavy atom. The fourth-order valence-corrected chi connectivity index (χ4v) is 1.20. The molecule has 1 rings (SSSR count). The number of likely N-dealkylation sites (tertiary alicyclic amines) is 1. The molecule has 1 aliphatic rings. The van der Waals surface area contributed by atoms with Crippen LogP contribution in [0.1, 0.15) is 6.42 Å². The molecule has 0 aromatic heterocycles. The minimum Gasteiger partial charge on any atom is -0.387 e. The van der Waals surface area contributed by atoms with E-state index in [1.807, 2.05) is 6.07 Å². The molecule has 1 heterocycles. The molecule has 0 unspecified atom stereocenters. The number of rotatable bonds is 2. The second-order valence-corrected chi connectivity index (χ2v) is 2.97. The summed E-state index contributed by atoms with van der Waals surface area (Å²) in [5.41, 5.74) is -1.04. The predicted octanol–water partition coefficient (Wildman–Crippen LogP) is -1.53. The van der Waals surface area contributed by atoms with Crippen molar-refractivity contribution in [3.05, 3.63) is 0 Å². The minimum absolute atomic E-state index is 0.0300. The smallest absolute Gasteiger partial charge is 0.248 e. The van der Waals surface area contributed by atoms with Crippen molar-refractivity contribution in [1.29, 1.82) is 5.26 Å². The summed E-state index contributed by atoms with van der Waals surface area (Å²) in [5, 5.41) is 26.1. The van der Waals surface area contributed by atoms with Crippen LogP contribution in [0.2, 0.25) is 0 Å². The lowest BCUT2D eigenvalue weighted by molar-refractivity contribution is -0.157. The van der Waals surface area contributed by atoms with Gasteiger partial charge in [0.15, 0.2) is 0 Å². The third-order valence-corrected chi connectivity index (χ3v) is 1.87. The van der Waals surface area contributed by atoms with Crippen LogP contribution >= 0.6 is 0 Å². The lowest BCUT2D eigenvalue weighted by Crippen LogP contribution is -2.63. The van der Waals surface area contributed by atoms with Gasteiger partial charge in [-0.1, -0.05) is 0 Å². The number of aliphatic hydroxyl groups is 2. The summed E-state index contributed by atoms with van der Waals surface area (Å²) in [5.74, 6) is -0.405. The molecule has 1 fully saturated rings. The summed E-state index contributed by atoms with van der Waals surface area (Å²) in [6.45, 7) is -0.234. The van der Waals surface area contributed by atoms with Gasteiger partial charge in [0.05, 0.1) is 25.6 Å². The number of hydrogen-bond acceptors (Lipinski definition) is 4. The molecule has 0 saturated carbocycles. The highest BCUT2D eigenvalue weighted by molar-refractivity contribution is 5.78. The molecule has 5 nitrogen and oxygen atoms in total. The van der Waals surface area contributed by atoms with Crippen molar-refractivity contribution in [3.63, 3.8) is 0 Å². The van der Waals surface area contributed by atoms with E-state index in [-0.39, 0.29) is 19.5 Å². The van der Waals surface area contributed by atoms with E-state index in [9.17, 15) is 9.90 Å². The molecule has 0 spiro atoms. The number of nitrogens with zero attached hydrogens (tertiary/aromatic N) is 2. The van der Waals surface area contributed by atoms with Gasteiger partial charge in [0.25, 0.3) is 0 Å². The van der Waals surface area contributed by atoms with Gasteiger partial charge >= 0.3 is 0 Å². The lowest BCUT2D eigenvalue weighted by atomic mass is 9.91. The zero-order valence-corrected chi connectivity index (χ0v) is 6.53. The zero-order chi connectivity index (χ0) is 9.19. The van der Waals surface area contributed by atoms with E-state index in [1.165, 1.54) is 4.90 Å². The third kappa shape index (κ3) is 1.55. The molecule has 1 amide bonds. The zero-order valence-electron chi connectivity index (χ0n) is 6.53.